The number of carbonyl (C=O) groups excluding carboxylic acids is 4. The molecule has 0 saturated carbocycles. The van der Waals surface area contributed by atoms with Crippen molar-refractivity contribution in [2.24, 2.45) is 0 Å². The lowest BCUT2D eigenvalue weighted by molar-refractivity contribution is -0.141. The molecule has 0 atom stereocenters. The van der Waals surface area contributed by atoms with E-state index in [4.69, 9.17) is 18.9 Å². The topological polar surface area (TPSA) is 105 Å². The van der Waals surface area contributed by atoms with Crippen molar-refractivity contribution in [3.63, 3.8) is 0 Å². The normalized spacial score (nSPS) is 15.9. The smallest absolute Gasteiger partial charge is 0.335 e. The van der Waals surface area contributed by atoms with Gasteiger partial charge in [-0.25, -0.2) is 19.2 Å². The molecule has 0 aromatic carbocycles. The zero-order valence-electron chi connectivity index (χ0n) is 32.6. The maximum absolute atomic E-state index is 13.6. The lowest BCUT2D eigenvalue weighted by Crippen LogP contribution is -2.21. The van der Waals surface area contributed by atoms with E-state index in [0.717, 1.165) is 60.8 Å². The monoisotopic (exact) mass is 714 g/mol. The molecule has 3 aliphatic rings. The van der Waals surface area contributed by atoms with Crippen molar-refractivity contribution in [3.8, 4) is 0 Å². The maximum Gasteiger partial charge on any atom is 0.335 e. The molecule has 3 rings (SSSR count). The van der Waals surface area contributed by atoms with Gasteiger partial charge in [-0.1, -0.05) is 69.9 Å². The molecule has 8 nitrogen and oxygen atoms in total. The van der Waals surface area contributed by atoms with Gasteiger partial charge in [-0.05, 0) is 117 Å². The van der Waals surface area contributed by atoms with Crippen LogP contribution in [0.2, 0.25) is 0 Å². The Morgan fingerprint density at radius 1 is 0.500 bits per heavy atom. The molecule has 0 radical (unpaired) electrons. The second-order valence-electron chi connectivity index (χ2n) is 14.4. The van der Waals surface area contributed by atoms with Crippen LogP contribution in [0.3, 0.4) is 0 Å². The summed E-state index contributed by atoms with van der Waals surface area (Å²) < 4.78 is 21.9. The molecular formula is C44H58O8. The fourth-order valence-corrected chi connectivity index (χ4v) is 6.49. The number of allylic oxidation sites excluding steroid dienone is 12. The van der Waals surface area contributed by atoms with Crippen molar-refractivity contribution in [1.82, 2.24) is 0 Å². The molecule has 0 bridgehead atoms. The first-order chi connectivity index (χ1) is 24.8. The number of ether oxygens (including phenoxy) is 4. The van der Waals surface area contributed by atoms with Gasteiger partial charge in [0.25, 0.3) is 0 Å². The highest BCUT2D eigenvalue weighted by Gasteiger charge is 2.29. The summed E-state index contributed by atoms with van der Waals surface area (Å²) in [6.45, 7) is 12.4. The molecule has 0 saturated heterocycles. The van der Waals surface area contributed by atoms with Gasteiger partial charge in [0.2, 0.25) is 0 Å². The molecule has 0 aromatic heterocycles. The minimum absolute atomic E-state index is 0.00587. The van der Waals surface area contributed by atoms with Gasteiger partial charge in [-0.15, -0.1) is 0 Å². The fourth-order valence-electron chi connectivity index (χ4n) is 6.49. The number of rotatable bonds is 17. The third-order valence-corrected chi connectivity index (χ3v) is 9.47. The number of hydrogen-bond acceptors (Lipinski definition) is 8. The first-order valence-corrected chi connectivity index (χ1v) is 18.4. The van der Waals surface area contributed by atoms with Gasteiger partial charge in [-0.3, -0.25) is 0 Å². The predicted octanol–water partition coefficient (Wildman–Crippen LogP) is 9.71. The highest BCUT2D eigenvalue weighted by molar-refractivity contribution is 6.02. The van der Waals surface area contributed by atoms with Gasteiger partial charge in [-0.2, -0.15) is 0 Å². The van der Waals surface area contributed by atoms with Crippen LogP contribution in [0.1, 0.15) is 119 Å². The molecule has 8 heteroatoms. The Bertz CT molecular complexity index is 1650. The van der Waals surface area contributed by atoms with Gasteiger partial charge in [0.05, 0.1) is 36.5 Å². The zero-order chi connectivity index (χ0) is 38.2. The van der Waals surface area contributed by atoms with Gasteiger partial charge in [0.1, 0.15) is 13.2 Å². The van der Waals surface area contributed by atoms with E-state index in [1.807, 2.05) is 12.2 Å². The Balaban J connectivity index is 1.79. The van der Waals surface area contributed by atoms with Crippen LogP contribution in [-0.2, 0) is 38.1 Å². The second kappa shape index (κ2) is 21.2. The predicted molar refractivity (Wildman–Crippen MR) is 205 cm³/mol. The largest absolute Gasteiger partial charge is 0.466 e. The highest BCUT2D eigenvalue weighted by atomic mass is 16.5. The number of hydrogen-bond donors (Lipinski definition) is 0. The van der Waals surface area contributed by atoms with Crippen LogP contribution in [-0.4, -0.2) is 51.3 Å². The Morgan fingerprint density at radius 2 is 0.865 bits per heavy atom. The van der Waals surface area contributed by atoms with E-state index in [9.17, 15) is 19.2 Å². The van der Waals surface area contributed by atoms with Gasteiger partial charge in [0.15, 0.2) is 0 Å². The van der Waals surface area contributed by atoms with E-state index >= 15 is 0 Å². The third kappa shape index (κ3) is 13.3. The molecule has 0 N–H and O–H groups in total. The van der Waals surface area contributed by atoms with Crippen LogP contribution in [0.5, 0.6) is 0 Å². The van der Waals surface area contributed by atoms with Crippen LogP contribution in [0.25, 0.3) is 0 Å². The quantitative estimate of drug-likeness (QED) is 0.0833. The molecule has 0 aliphatic heterocycles. The van der Waals surface area contributed by atoms with Crippen molar-refractivity contribution in [2.75, 3.05) is 27.4 Å². The molecule has 282 valence electrons. The van der Waals surface area contributed by atoms with E-state index in [1.54, 1.807) is 0 Å². The molecule has 0 amide bonds. The molecule has 52 heavy (non-hydrogen) atoms. The molecule has 3 aliphatic carbocycles. The van der Waals surface area contributed by atoms with Gasteiger partial charge in [0, 0.05) is 12.8 Å². The summed E-state index contributed by atoms with van der Waals surface area (Å²) in [6, 6.07) is 0. The van der Waals surface area contributed by atoms with Crippen LogP contribution in [0.15, 0.2) is 103 Å². The van der Waals surface area contributed by atoms with E-state index in [2.05, 4.69) is 65.8 Å². The van der Waals surface area contributed by atoms with E-state index < -0.39 is 23.9 Å². The minimum Gasteiger partial charge on any atom is -0.466 e. The summed E-state index contributed by atoms with van der Waals surface area (Å²) in [5, 5.41) is 0. The van der Waals surface area contributed by atoms with Crippen molar-refractivity contribution in [1.29, 1.82) is 0 Å². The van der Waals surface area contributed by atoms with E-state index in [0.29, 0.717) is 60.8 Å². The Labute approximate surface area is 310 Å². The molecule has 0 fully saturated rings. The van der Waals surface area contributed by atoms with Crippen LogP contribution >= 0.6 is 0 Å². The van der Waals surface area contributed by atoms with E-state index in [-0.39, 0.29) is 13.2 Å². The number of methoxy groups -OCH3 is 2. The minimum atomic E-state index is -0.551. The third-order valence-electron chi connectivity index (χ3n) is 9.47. The summed E-state index contributed by atoms with van der Waals surface area (Å²) in [5.74, 6) is -2.14. The summed E-state index contributed by atoms with van der Waals surface area (Å²) >= 11 is 0. The molecular weight excluding hydrogens is 656 g/mol. The fraction of sp³-hybridized carbons (Fsp3) is 0.500. The Morgan fingerprint density at radius 3 is 1.33 bits per heavy atom. The van der Waals surface area contributed by atoms with Crippen LogP contribution in [0, 0.1) is 0 Å². The van der Waals surface area contributed by atoms with Crippen molar-refractivity contribution < 1.29 is 38.1 Å². The Kier molecular flexibility index (Phi) is 17.1. The lowest BCUT2D eigenvalue weighted by atomic mass is 9.88. The SMILES string of the molecule is COC(=O)C1=C(C(=O)OCC2=C(COC(=O)C3=C(C(=O)OC)CC=C(CCC=C(C)C)C3)CC(CCC=C(C)C)=CC2)CC=C(CCC=C(C)C)C1. The lowest BCUT2D eigenvalue weighted by Gasteiger charge is -2.23. The summed E-state index contributed by atoms with van der Waals surface area (Å²) in [5.41, 5.74) is 10.2. The molecule has 0 aromatic rings. The second-order valence-corrected chi connectivity index (χ2v) is 14.4. The Hall–Kier alpha value is -4.46. The maximum atomic E-state index is 13.6. The van der Waals surface area contributed by atoms with Crippen LogP contribution < -0.4 is 0 Å². The highest BCUT2D eigenvalue weighted by Crippen LogP contribution is 2.33. The number of esters is 4. The zero-order valence-corrected chi connectivity index (χ0v) is 32.6. The average Bonchev–Trinajstić information content (AvgIpc) is 3.12. The molecule has 0 unspecified atom stereocenters. The summed E-state index contributed by atoms with van der Waals surface area (Å²) in [4.78, 5) is 52.5. The van der Waals surface area contributed by atoms with Gasteiger partial charge >= 0.3 is 23.9 Å². The first-order valence-electron chi connectivity index (χ1n) is 18.4. The molecule has 0 heterocycles. The van der Waals surface area contributed by atoms with Crippen molar-refractivity contribution >= 4 is 23.9 Å². The van der Waals surface area contributed by atoms with Crippen molar-refractivity contribution in [2.45, 2.75) is 119 Å². The van der Waals surface area contributed by atoms with Gasteiger partial charge < -0.3 is 18.9 Å². The standard InChI is InChI=1S/C44H58O8/c1-29(2)12-9-15-32-18-21-35(27-51-43(47)38-23-20-33(16-10-13-30(3)4)25-39(38)42(46)50-8)36(24-32)28-52-44(48)40-26-34(17-11-14-31(5)6)19-22-37(40)41(45)49-7/h12-14,18-20H,9-11,15-17,21-28H2,1-8H3. The van der Waals surface area contributed by atoms with Crippen molar-refractivity contribution in [3.05, 3.63) is 103 Å². The number of carbonyl (C=O) groups is 4. The van der Waals surface area contributed by atoms with Crippen LogP contribution in [0.4, 0.5) is 0 Å². The first kappa shape index (κ1) is 42.0. The average molecular weight is 715 g/mol. The molecule has 0 spiro atoms. The summed E-state index contributed by atoms with van der Waals surface area (Å²) in [6.07, 6.45) is 20.2. The van der Waals surface area contributed by atoms with E-state index in [1.165, 1.54) is 36.5 Å². The summed E-state index contributed by atoms with van der Waals surface area (Å²) in [7, 11) is 2.63.